The average molecular weight is 309 g/mol. The molecule has 1 aliphatic rings. The fourth-order valence-corrected chi connectivity index (χ4v) is 2.78. The number of hydrogen-bond donors (Lipinski definition) is 1. The predicted molar refractivity (Wildman–Crippen MR) is 89.5 cm³/mol. The summed E-state index contributed by atoms with van der Waals surface area (Å²) in [6.45, 7) is 12.3. The van der Waals surface area contributed by atoms with E-state index in [1.54, 1.807) is 11.8 Å². The summed E-state index contributed by atoms with van der Waals surface area (Å²) in [4.78, 5) is 1.26. The Labute approximate surface area is 132 Å². The van der Waals surface area contributed by atoms with Crippen molar-refractivity contribution in [2.24, 2.45) is 11.3 Å². The van der Waals surface area contributed by atoms with E-state index in [0.29, 0.717) is 24.5 Å². The van der Waals surface area contributed by atoms with Crippen LogP contribution in [0.5, 0.6) is 11.5 Å². The van der Waals surface area contributed by atoms with Gasteiger partial charge in [0.05, 0.1) is 0 Å². The summed E-state index contributed by atoms with van der Waals surface area (Å²) >= 11 is 1.76. The normalized spacial score (nSPS) is 14.6. The number of rotatable bonds is 6. The summed E-state index contributed by atoms with van der Waals surface area (Å²) in [5.41, 5.74) is 1.58. The van der Waals surface area contributed by atoms with Crippen LogP contribution in [0.3, 0.4) is 0 Å². The highest BCUT2D eigenvalue weighted by atomic mass is 32.2. The Kier molecular flexibility index (Phi) is 5.44. The van der Waals surface area contributed by atoms with Gasteiger partial charge in [0.1, 0.15) is 13.2 Å². The molecule has 3 nitrogen and oxygen atoms in total. The van der Waals surface area contributed by atoms with E-state index < -0.39 is 0 Å². The van der Waals surface area contributed by atoms with Crippen LogP contribution < -0.4 is 14.8 Å². The van der Waals surface area contributed by atoms with Crippen LogP contribution in [0.1, 0.15) is 33.3 Å². The van der Waals surface area contributed by atoms with Crippen molar-refractivity contribution in [1.82, 2.24) is 5.32 Å². The highest BCUT2D eigenvalue weighted by Crippen LogP contribution is 2.36. The van der Waals surface area contributed by atoms with Crippen LogP contribution in [0, 0.1) is 11.3 Å². The Morgan fingerprint density at radius 3 is 2.38 bits per heavy atom. The SMILES string of the molecule is CSc1cc2c(cc1CNCC(C)(C)C(C)C)OCCO2. The largest absolute Gasteiger partial charge is 0.486 e. The van der Waals surface area contributed by atoms with Crippen LogP contribution in [0.2, 0.25) is 0 Å². The van der Waals surface area contributed by atoms with Gasteiger partial charge in [-0.3, -0.25) is 0 Å². The van der Waals surface area contributed by atoms with E-state index in [4.69, 9.17) is 9.47 Å². The molecule has 0 saturated heterocycles. The van der Waals surface area contributed by atoms with E-state index in [2.05, 4.69) is 51.4 Å². The Morgan fingerprint density at radius 1 is 1.19 bits per heavy atom. The standard InChI is InChI=1S/C17H27NO2S/c1-12(2)17(3,4)11-18-10-13-8-14-15(9-16(13)21-5)20-7-6-19-14/h8-9,12,18H,6-7,10-11H2,1-5H3. The topological polar surface area (TPSA) is 30.5 Å². The molecule has 0 aromatic heterocycles. The lowest BCUT2D eigenvalue weighted by Gasteiger charge is -2.29. The Hall–Kier alpha value is -0.870. The molecule has 1 aromatic rings. The van der Waals surface area contributed by atoms with Crippen molar-refractivity contribution in [3.63, 3.8) is 0 Å². The molecule has 4 heteroatoms. The van der Waals surface area contributed by atoms with Crippen molar-refractivity contribution < 1.29 is 9.47 Å². The lowest BCUT2D eigenvalue weighted by Crippen LogP contribution is -2.33. The van der Waals surface area contributed by atoms with E-state index in [-0.39, 0.29) is 0 Å². The van der Waals surface area contributed by atoms with Crippen molar-refractivity contribution in [1.29, 1.82) is 0 Å². The molecule has 0 saturated carbocycles. The van der Waals surface area contributed by atoms with Crippen LogP contribution in [-0.4, -0.2) is 26.0 Å². The summed E-state index contributed by atoms with van der Waals surface area (Å²) in [6, 6.07) is 4.22. The highest BCUT2D eigenvalue weighted by molar-refractivity contribution is 7.98. The number of thioether (sulfide) groups is 1. The van der Waals surface area contributed by atoms with Crippen molar-refractivity contribution in [3.05, 3.63) is 17.7 Å². The molecule has 1 aliphatic heterocycles. The van der Waals surface area contributed by atoms with Gasteiger partial charge in [0.15, 0.2) is 11.5 Å². The molecule has 0 bridgehead atoms. The maximum absolute atomic E-state index is 5.69. The second-order valence-electron chi connectivity index (χ2n) is 6.55. The van der Waals surface area contributed by atoms with Crippen molar-refractivity contribution in [2.45, 2.75) is 39.1 Å². The average Bonchev–Trinajstić information content (AvgIpc) is 2.46. The van der Waals surface area contributed by atoms with Crippen molar-refractivity contribution in [2.75, 3.05) is 26.0 Å². The van der Waals surface area contributed by atoms with Crippen LogP contribution in [-0.2, 0) is 6.54 Å². The van der Waals surface area contributed by atoms with E-state index in [1.165, 1.54) is 10.5 Å². The van der Waals surface area contributed by atoms with Gasteiger partial charge in [-0.2, -0.15) is 0 Å². The van der Waals surface area contributed by atoms with Crippen LogP contribution in [0.4, 0.5) is 0 Å². The molecule has 118 valence electrons. The number of ether oxygens (including phenoxy) is 2. The zero-order valence-corrected chi connectivity index (χ0v) is 14.6. The quantitative estimate of drug-likeness (QED) is 0.806. The number of fused-ring (bicyclic) bond motifs is 1. The van der Waals surface area contributed by atoms with E-state index in [0.717, 1.165) is 24.6 Å². The van der Waals surface area contributed by atoms with Gasteiger partial charge in [-0.1, -0.05) is 27.7 Å². The van der Waals surface area contributed by atoms with Crippen LogP contribution >= 0.6 is 11.8 Å². The lowest BCUT2D eigenvalue weighted by atomic mass is 9.81. The lowest BCUT2D eigenvalue weighted by molar-refractivity contribution is 0.170. The smallest absolute Gasteiger partial charge is 0.162 e. The molecule has 0 radical (unpaired) electrons. The third kappa shape index (κ3) is 4.07. The Balaban J connectivity index is 2.05. The molecular formula is C17H27NO2S. The first-order valence-corrected chi connectivity index (χ1v) is 8.84. The summed E-state index contributed by atoms with van der Waals surface area (Å²) < 4.78 is 11.3. The molecule has 0 amide bonds. The molecule has 1 aromatic carbocycles. The van der Waals surface area contributed by atoms with Gasteiger partial charge in [0.2, 0.25) is 0 Å². The first-order valence-electron chi connectivity index (χ1n) is 7.61. The van der Waals surface area contributed by atoms with Crippen molar-refractivity contribution >= 4 is 11.8 Å². The van der Waals surface area contributed by atoms with Crippen LogP contribution in [0.25, 0.3) is 0 Å². The van der Waals surface area contributed by atoms with Gasteiger partial charge in [0.25, 0.3) is 0 Å². The fraction of sp³-hybridized carbons (Fsp3) is 0.647. The first-order chi connectivity index (χ1) is 9.94. The Bertz CT molecular complexity index is 486. The zero-order chi connectivity index (χ0) is 15.5. The van der Waals surface area contributed by atoms with Gasteiger partial charge >= 0.3 is 0 Å². The summed E-state index contributed by atoms with van der Waals surface area (Å²) in [5, 5.41) is 3.60. The summed E-state index contributed by atoms with van der Waals surface area (Å²) in [5.74, 6) is 2.40. The zero-order valence-electron chi connectivity index (χ0n) is 13.8. The maximum atomic E-state index is 5.69. The van der Waals surface area contributed by atoms with Gasteiger partial charge in [-0.05, 0) is 35.3 Å². The Morgan fingerprint density at radius 2 is 1.81 bits per heavy atom. The second-order valence-corrected chi connectivity index (χ2v) is 7.40. The van der Waals surface area contributed by atoms with Crippen LogP contribution in [0.15, 0.2) is 17.0 Å². The molecule has 0 unspecified atom stereocenters. The molecule has 0 spiro atoms. The van der Waals surface area contributed by atoms with Gasteiger partial charge in [-0.15, -0.1) is 11.8 Å². The fourth-order valence-electron chi connectivity index (χ4n) is 2.16. The molecule has 2 rings (SSSR count). The minimum absolute atomic E-state index is 0.299. The first kappa shape index (κ1) is 16.5. The monoisotopic (exact) mass is 309 g/mol. The van der Waals surface area contributed by atoms with E-state index in [9.17, 15) is 0 Å². The molecule has 21 heavy (non-hydrogen) atoms. The molecular weight excluding hydrogens is 282 g/mol. The molecule has 1 N–H and O–H groups in total. The molecule has 0 aliphatic carbocycles. The van der Waals surface area contributed by atoms with Gasteiger partial charge in [0, 0.05) is 18.0 Å². The summed E-state index contributed by atoms with van der Waals surface area (Å²) in [7, 11) is 0. The second kappa shape index (κ2) is 6.93. The van der Waals surface area contributed by atoms with Gasteiger partial charge in [-0.25, -0.2) is 0 Å². The highest BCUT2D eigenvalue weighted by Gasteiger charge is 2.22. The van der Waals surface area contributed by atoms with Crippen molar-refractivity contribution in [3.8, 4) is 11.5 Å². The number of nitrogens with one attached hydrogen (secondary N) is 1. The molecule has 1 heterocycles. The summed E-state index contributed by atoms with van der Waals surface area (Å²) in [6.07, 6.45) is 2.10. The molecule has 0 atom stereocenters. The number of benzene rings is 1. The third-order valence-corrected chi connectivity index (χ3v) is 5.22. The van der Waals surface area contributed by atoms with E-state index >= 15 is 0 Å². The maximum Gasteiger partial charge on any atom is 0.162 e. The number of hydrogen-bond acceptors (Lipinski definition) is 4. The van der Waals surface area contributed by atoms with E-state index in [1.807, 2.05) is 0 Å². The minimum Gasteiger partial charge on any atom is -0.486 e. The predicted octanol–water partition coefficient (Wildman–Crippen LogP) is 3.95. The minimum atomic E-state index is 0.299. The molecule has 0 fully saturated rings. The third-order valence-electron chi connectivity index (χ3n) is 4.40. The van der Waals surface area contributed by atoms with Gasteiger partial charge < -0.3 is 14.8 Å².